The largest absolute Gasteiger partial charge is 0.496 e. The fourth-order valence-corrected chi connectivity index (χ4v) is 2.29. The molecule has 114 valence electrons. The SMILES string of the molecule is COc1ccccc1-c1cccc(C(=O)CCCC(=O)O)c1. The summed E-state index contributed by atoms with van der Waals surface area (Å²) in [5, 5.41) is 8.62. The normalized spacial score (nSPS) is 10.2. The minimum absolute atomic E-state index is 0.0118. The molecule has 22 heavy (non-hydrogen) atoms. The third-order valence-corrected chi connectivity index (χ3v) is 3.40. The highest BCUT2D eigenvalue weighted by atomic mass is 16.5. The summed E-state index contributed by atoms with van der Waals surface area (Å²) in [5.41, 5.74) is 2.42. The van der Waals surface area contributed by atoms with E-state index in [9.17, 15) is 9.59 Å². The Balaban J connectivity index is 2.19. The second-order valence-corrected chi connectivity index (χ2v) is 4.95. The molecule has 2 rings (SSSR count). The number of rotatable bonds is 7. The number of Topliss-reactive ketones (excluding diaryl/α,β-unsaturated/α-hetero) is 1. The highest BCUT2D eigenvalue weighted by Gasteiger charge is 2.10. The molecule has 0 bridgehead atoms. The summed E-state index contributed by atoms with van der Waals surface area (Å²) in [6.07, 6.45) is 0.604. The summed E-state index contributed by atoms with van der Waals surface area (Å²) in [5.74, 6) is -0.174. The van der Waals surface area contributed by atoms with Gasteiger partial charge in [0, 0.05) is 24.0 Å². The van der Waals surface area contributed by atoms with Gasteiger partial charge in [-0.3, -0.25) is 9.59 Å². The summed E-state index contributed by atoms with van der Waals surface area (Å²) in [4.78, 5) is 22.6. The minimum Gasteiger partial charge on any atom is -0.496 e. The van der Waals surface area contributed by atoms with Crippen LogP contribution in [0.5, 0.6) is 5.75 Å². The monoisotopic (exact) mass is 298 g/mol. The Morgan fingerprint density at radius 2 is 1.82 bits per heavy atom. The van der Waals surface area contributed by atoms with Crippen LogP contribution >= 0.6 is 0 Å². The van der Waals surface area contributed by atoms with Crippen LogP contribution in [-0.2, 0) is 4.79 Å². The van der Waals surface area contributed by atoms with Crippen LogP contribution in [0.3, 0.4) is 0 Å². The number of carbonyl (C=O) groups excluding carboxylic acids is 1. The average molecular weight is 298 g/mol. The molecule has 0 aliphatic heterocycles. The van der Waals surface area contributed by atoms with Gasteiger partial charge >= 0.3 is 5.97 Å². The zero-order valence-electron chi connectivity index (χ0n) is 12.4. The standard InChI is InChI=1S/C18H18O4/c1-22-17-10-3-2-8-15(17)13-6-4-7-14(12-13)16(19)9-5-11-18(20)21/h2-4,6-8,10,12H,5,9,11H2,1H3,(H,20,21). The van der Waals surface area contributed by atoms with E-state index >= 15 is 0 Å². The van der Waals surface area contributed by atoms with Crippen LogP contribution in [0.1, 0.15) is 29.6 Å². The molecule has 0 aliphatic rings. The van der Waals surface area contributed by atoms with E-state index in [0.29, 0.717) is 12.0 Å². The van der Waals surface area contributed by atoms with Crippen LogP contribution in [0, 0.1) is 0 Å². The van der Waals surface area contributed by atoms with Gasteiger partial charge in [0.25, 0.3) is 0 Å². The van der Waals surface area contributed by atoms with Crippen molar-refractivity contribution in [2.24, 2.45) is 0 Å². The zero-order chi connectivity index (χ0) is 15.9. The number of aliphatic carboxylic acids is 1. The first kappa shape index (κ1) is 15.8. The molecule has 0 atom stereocenters. The number of carboxylic acids is 1. The summed E-state index contributed by atoms with van der Waals surface area (Å²) >= 11 is 0. The molecule has 2 aromatic rings. The summed E-state index contributed by atoms with van der Waals surface area (Å²) < 4.78 is 5.34. The van der Waals surface area contributed by atoms with Crippen molar-refractivity contribution in [1.29, 1.82) is 0 Å². The van der Waals surface area contributed by atoms with Gasteiger partial charge in [0.15, 0.2) is 5.78 Å². The Hall–Kier alpha value is -2.62. The maximum atomic E-state index is 12.1. The van der Waals surface area contributed by atoms with Gasteiger partial charge in [-0.05, 0) is 24.1 Å². The van der Waals surface area contributed by atoms with E-state index in [0.717, 1.165) is 16.9 Å². The number of para-hydroxylation sites is 1. The molecule has 0 fully saturated rings. The lowest BCUT2D eigenvalue weighted by Gasteiger charge is -2.09. The second-order valence-electron chi connectivity index (χ2n) is 4.95. The third kappa shape index (κ3) is 3.95. The zero-order valence-corrected chi connectivity index (χ0v) is 12.4. The van der Waals surface area contributed by atoms with Crippen LogP contribution in [0.25, 0.3) is 11.1 Å². The molecule has 0 saturated heterocycles. The first-order valence-electron chi connectivity index (χ1n) is 7.10. The molecule has 4 nitrogen and oxygen atoms in total. The predicted octanol–water partition coefficient (Wildman–Crippen LogP) is 3.80. The lowest BCUT2D eigenvalue weighted by molar-refractivity contribution is -0.137. The smallest absolute Gasteiger partial charge is 0.303 e. The quantitative estimate of drug-likeness (QED) is 0.790. The van der Waals surface area contributed by atoms with E-state index < -0.39 is 5.97 Å². The van der Waals surface area contributed by atoms with Gasteiger partial charge in [-0.1, -0.05) is 36.4 Å². The maximum Gasteiger partial charge on any atom is 0.303 e. The van der Waals surface area contributed by atoms with Crippen molar-refractivity contribution in [1.82, 2.24) is 0 Å². The van der Waals surface area contributed by atoms with Gasteiger partial charge < -0.3 is 9.84 Å². The third-order valence-electron chi connectivity index (χ3n) is 3.40. The highest BCUT2D eigenvalue weighted by molar-refractivity contribution is 5.97. The van der Waals surface area contributed by atoms with Crippen LogP contribution in [0.2, 0.25) is 0 Å². The summed E-state index contributed by atoms with van der Waals surface area (Å²) in [6.45, 7) is 0. The average Bonchev–Trinajstić information content (AvgIpc) is 2.54. The van der Waals surface area contributed by atoms with Crippen LogP contribution in [0.4, 0.5) is 0 Å². The van der Waals surface area contributed by atoms with Crippen molar-refractivity contribution in [3.8, 4) is 16.9 Å². The number of hydrogen-bond donors (Lipinski definition) is 1. The van der Waals surface area contributed by atoms with E-state index in [1.165, 1.54) is 0 Å². The van der Waals surface area contributed by atoms with E-state index in [2.05, 4.69) is 0 Å². The van der Waals surface area contributed by atoms with Crippen molar-refractivity contribution >= 4 is 11.8 Å². The van der Waals surface area contributed by atoms with E-state index in [4.69, 9.17) is 9.84 Å². The van der Waals surface area contributed by atoms with Crippen molar-refractivity contribution < 1.29 is 19.4 Å². The molecule has 0 saturated carbocycles. The Kier molecular flexibility index (Phi) is 5.31. The summed E-state index contributed by atoms with van der Waals surface area (Å²) in [6, 6.07) is 14.9. The molecule has 2 aromatic carbocycles. The molecule has 0 aliphatic carbocycles. The molecule has 4 heteroatoms. The second kappa shape index (κ2) is 7.41. The number of hydrogen-bond acceptors (Lipinski definition) is 3. The highest BCUT2D eigenvalue weighted by Crippen LogP contribution is 2.30. The van der Waals surface area contributed by atoms with Gasteiger partial charge in [-0.15, -0.1) is 0 Å². The number of ketones is 1. The fourth-order valence-electron chi connectivity index (χ4n) is 2.29. The van der Waals surface area contributed by atoms with E-state index in [-0.39, 0.29) is 18.6 Å². The van der Waals surface area contributed by atoms with E-state index in [1.807, 2.05) is 42.5 Å². The number of carbonyl (C=O) groups is 2. The number of ether oxygens (including phenoxy) is 1. The van der Waals surface area contributed by atoms with Crippen molar-refractivity contribution in [2.45, 2.75) is 19.3 Å². The van der Waals surface area contributed by atoms with Crippen LogP contribution < -0.4 is 4.74 Å². The van der Waals surface area contributed by atoms with Crippen LogP contribution in [-0.4, -0.2) is 24.0 Å². The fraction of sp³-hybridized carbons (Fsp3) is 0.222. The molecule has 0 radical (unpaired) electrons. The maximum absolute atomic E-state index is 12.1. The van der Waals surface area contributed by atoms with Gasteiger partial charge in [-0.2, -0.15) is 0 Å². The summed E-state index contributed by atoms with van der Waals surface area (Å²) in [7, 11) is 1.61. The molecule has 0 spiro atoms. The minimum atomic E-state index is -0.879. The van der Waals surface area contributed by atoms with Gasteiger partial charge in [-0.25, -0.2) is 0 Å². The van der Waals surface area contributed by atoms with Gasteiger partial charge in [0.2, 0.25) is 0 Å². The van der Waals surface area contributed by atoms with Gasteiger partial charge in [0.05, 0.1) is 7.11 Å². The molecule has 1 N–H and O–H groups in total. The van der Waals surface area contributed by atoms with E-state index in [1.54, 1.807) is 13.2 Å². The molecular weight excluding hydrogens is 280 g/mol. The predicted molar refractivity (Wildman–Crippen MR) is 84.2 cm³/mol. The number of benzene rings is 2. The molecular formula is C18H18O4. The van der Waals surface area contributed by atoms with Crippen molar-refractivity contribution in [3.05, 3.63) is 54.1 Å². The number of methoxy groups -OCH3 is 1. The lowest BCUT2D eigenvalue weighted by atomic mass is 9.99. The lowest BCUT2D eigenvalue weighted by Crippen LogP contribution is -2.02. The van der Waals surface area contributed by atoms with Crippen LogP contribution in [0.15, 0.2) is 48.5 Å². The Labute approximate surface area is 129 Å². The first-order valence-corrected chi connectivity index (χ1v) is 7.10. The molecule has 0 unspecified atom stereocenters. The molecule has 0 amide bonds. The molecule has 0 aromatic heterocycles. The van der Waals surface area contributed by atoms with Crippen molar-refractivity contribution in [2.75, 3.05) is 7.11 Å². The number of carboxylic acid groups (broad SMARTS) is 1. The van der Waals surface area contributed by atoms with Crippen molar-refractivity contribution in [3.63, 3.8) is 0 Å². The Morgan fingerprint density at radius 3 is 2.55 bits per heavy atom. The molecule has 0 heterocycles. The Bertz CT molecular complexity index is 676. The Morgan fingerprint density at radius 1 is 1.05 bits per heavy atom. The topological polar surface area (TPSA) is 63.6 Å². The first-order chi connectivity index (χ1) is 10.6. The van der Waals surface area contributed by atoms with Gasteiger partial charge in [0.1, 0.15) is 5.75 Å².